The summed E-state index contributed by atoms with van der Waals surface area (Å²) < 4.78 is 11.3. The van der Waals surface area contributed by atoms with Crippen LogP contribution >= 0.6 is 0 Å². The molecular formula is C9H16N2O3S. The van der Waals surface area contributed by atoms with Gasteiger partial charge in [0.25, 0.3) is 0 Å². The van der Waals surface area contributed by atoms with Crippen molar-refractivity contribution in [2.75, 3.05) is 18.6 Å². The zero-order valence-electron chi connectivity index (χ0n) is 8.99. The minimum absolute atomic E-state index is 0.305. The maximum Gasteiger partial charge on any atom is 0.433 e. The van der Waals surface area contributed by atoms with Crippen LogP contribution in [0.15, 0.2) is 17.8 Å². The molecule has 6 heteroatoms. The number of carbonyl (C=O) groups excluding carboxylic acids is 1. The Balaban J connectivity index is 4.10. The molecule has 0 aromatic heterocycles. The van der Waals surface area contributed by atoms with Crippen LogP contribution in [0.2, 0.25) is 0 Å². The molecule has 0 bridgehead atoms. The summed E-state index contributed by atoms with van der Waals surface area (Å²) in [6.45, 7) is 5.35. The van der Waals surface area contributed by atoms with Crippen LogP contribution < -0.4 is 5.32 Å². The van der Waals surface area contributed by atoms with Gasteiger partial charge in [-0.05, 0) is 23.7 Å². The van der Waals surface area contributed by atoms with Crippen molar-refractivity contribution in [2.45, 2.75) is 13.3 Å². The molecule has 0 aliphatic carbocycles. The Hall–Kier alpha value is -1.01. The lowest BCUT2D eigenvalue weighted by Crippen LogP contribution is -2.21. The summed E-state index contributed by atoms with van der Waals surface area (Å²) in [6, 6.07) is 0. The van der Waals surface area contributed by atoms with Crippen LogP contribution in [0.4, 0.5) is 4.79 Å². The number of hydrogen-bond acceptors (Lipinski definition) is 4. The zero-order valence-corrected chi connectivity index (χ0v) is 9.80. The van der Waals surface area contributed by atoms with Gasteiger partial charge in [-0.15, -0.1) is 0 Å². The fraction of sp³-hybridized carbons (Fsp3) is 0.556. The lowest BCUT2D eigenvalue weighted by atomic mass is 10.3. The van der Waals surface area contributed by atoms with Gasteiger partial charge in [0.05, 0.1) is 0 Å². The molecule has 0 aromatic carbocycles. The molecular weight excluding hydrogens is 216 g/mol. The van der Waals surface area contributed by atoms with Crippen molar-refractivity contribution in [3.05, 3.63) is 12.7 Å². The molecule has 0 heterocycles. The summed E-state index contributed by atoms with van der Waals surface area (Å²) in [5.74, 6) is 0.721. The third kappa shape index (κ3) is 6.98. The van der Waals surface area contributed by atoms with E-state index in [9.17, 15) is 9.35 Å². The molecule has 0 saturated carbocycles. The van der Waals surface area contributed by atoms with Crippen LogP contribution in [-0.4, -0.2) is 34.9 Å². The van der Waals surface area contributed by atoms with Gasteiger partial charge in [0.2, 0.25) is 0 Å². The van der Waals surface area contributed by atoms with E-state index in [0.717, 1.165) is 0 Å². The molecule has 0 saturated heterocycles. The SMILES string of the molecule is C=CC[S+]([O-])CC(CC)=NOC(=O)NC. The smallest absolute Gasteiger partial charge is 0.433 e. The number of hydrogen-bond donors (Lipinski definition) is 1. The predicted molar refractivity (Wildman–Crippen MR) is 61.3 cm³/mol. The Labute approximate surface area is 92.7 Å². The Bertz CT molecular complexity index is 244. The van der Waals surface area contributed by atoms with Crippen LogP contribution in [0.3, 0.4) is 0 Å². The topological polar surface area (TPSA) is 73.8 Å². The average Bonchev–Trinajstić information content (AvgIpc) is 2.23. The lowest BCUT2D eigenvalue weighted by molar-refractivity contribution is 0.153. The Morgan fingerprint density at radius 2 is 2.40 bits per heavy atom. The Morgan fingerprint density at radius 3 is 2.87 bits per heavy atom. The second kappa shape index (κ2) is 8.31. The maximum atomic E-state index is 11.3. The fourth-order valence-electron chi connectivity index (χ4n) is 0.721. The Morgan fingerprint density at radius 1 is 1.73 bits per heavy atom. The third-order valence-corrected chi connectivity index (χ3v) is 2.76. The molecule has 1 unspecified atom stereocenters. The highest BCUT2D eigenvalue weighted by Crippen LogP contribution is 1.97. The van der Waals surface area contributed by atoms with E-state index in [-0.39, 0.29) is 0 Å². The number of nitrogens with one attached hydrogen (secondary N) is 1. The highest BCUT2D eigenvalue weighted by molar-refractivity contribution is 7.92. The zero-order chi connectivity index (χ0) is 11.7. The number of nitrogens with zero attached hydrogens (tertiary/aromatic N) is 1. The summed E-state index contributed by atoms with van der Waals surface area (Å²) in [6.07, 6.45) is 1.55. The maximum absolute atomic E-state index is 11.3. The summed E-state index contributed by atoms with van der Waals surface area (Å²) >= 11 is -1.03. The number of oxime groups is 1. The van der Waals surface area contributed by atoms with Gasteiger partial charge in [0.1, 0.15) is 17.2 Å². The third-order valence-electron chi connectivity index (χ3n) is 1.50. The number of carbonyl (C=O) groups is 1. The van der Waals surface area contributed by atoms with E-state index >= 15 is 0 Å². The molecule has 0 fully saturated rings. The highest BCUT2D eigenvalue weighted by atomic mass is 32.2. The number of rotatable bonds is 6. The minimum atomic E-state index is -1.03. The molecule has 1 atom stereocenters. The van der Waals surface area contributed by atoms with Gasteiger partial charge >= 0.3 is 6.09 Å². The van der Waals surface area contributed by atoms with Crippen molar-refractivity contribution < 1.29 is 14.2 Å². The van der Waals surface area contributed by atoms with E-state index in [0.29, 0.717) is 23.6 Å². The quantitative estimate of drug-likeness (QED) is 0.244. The van der Waals surface area contributed by atoms with E-state index in [2.05, 4.69) is 21.9 Å². The minimum Gasteiger partial charge on any atom is -0.616 e. The molecule has 1 N–H and O–H groups in total. The first-order chi connectivity index (χ1) is 7.13. The molecule has 0 aliphatic heterocycles. The molecule has 0 aromatic rings. The van der Waals surface area contributed by atoms with Crippen molar-refractivity contribution >= 4 is 23.0 Å². The second-order valence-corrected chi connectivity index (χ2v) is 4.18. The first-order valence-corrected chi connectivity index (χ1v) is 6.03. The summed E-state index contributed by atoms with van der Waals surface area (Å²) in [5.41, 5.74) is 0.596. The van der Waals surface area contributed by atoms with E-state index < -0.39 is 17.3 Å². The standard InChI is InChI=1S/C9H16N2O3S/c1-4-6-15(13)7-8(5-2)11-14-9(12)10-3/h4H,1,5-7H2,2-3H3,(H,10,12). The summed E-state index contributed by atoms with van der Waals surface area (Å²) in [7, 11) is 1.44. The first-order valence-electron chi connectivity index (χ1n) is 4.54. The molecule has 0 radical (unpaired) electrons. The van der Waals surface area contributed by atoms with E-state index in [1.54, 1.807) is 6.08 Å². The van der Waals surface area contributed by atoms with Gasteiger partial charge in [0, 0.05) is 7.05 Å². The largest absolute Gasteiger partial charge is 0.616 e. The average molecular weight is 232 g/mol. The van der Waals surface area contributed by atoms with E-state index in [4.69, 9.17) is 0 Å². The van der Waals surface area contributed by atoms with Crippen LogP contribution in [-0.2, 0) is 16.0 Å². The van der Waals surface area contributed by atoms with Crippen molar-refractivity contribution in [1.29, 1.82) is 0 Å². The van der Waals surface area contributed by atoms with Crippen LogP contribution in [0, 0.1) is 0 Å². The van der Waals surface area contributed by atoms with E-state index in [1.807, 2.05) is 6.92 Å². The highest BCUT2D eigenvalue weighted by Gasteiger charge is 2.09. The van der Waals surface area contributed by atoms with Crippen molar-refractivity contribution in [3.63, 3.8) is 0 Å². The normalized spacial score (nSPS) is 13.1. The first kappa shape index (κ1) is 14.0. The summed E-state index contributed by atoms with van der Waals surface area (Å²) in [5, 5.41) is 5.88. The molecule has 0 aliphatic rings. The van der Waals surface area contributed by atoms with Crippen molar-refractivity contribution in [1.82, 2.24) is 5.32 Å². The Kier molecular flexibility index (Phi) is 7.75. The van der Waals surface area contributed by atoms with Gasteiger partial charge in [0.15, 0.2) is 0 Å². The molecule has 5 nitrogen and oxygen atoms in total. The van der Waals surface area contributed by atoms with Crippen molar-refractivity contribution in [2.24, 2.45) is 5.16 Å². The monoisotopic (exact) mass is 232 g/mol. The molecule has 1 amide bonds. The molecule has 0 rings (SSSR count). The van der Waals surface area contributed by atoms with E-state index in [1.165, 1.54) is 7.05 Å². The van der Waals surface area contributed by atoms with Gasteiger partial charge in [-0.2, -0.15) is 0 Å². The molecule has 86 valence electrons. The van der Waals surface area contributed by atoms with Crippen molar-refractivity contribution in [3.8, 4) is 0 Å². The van der Waals surface area contributed by atoms with Gasteiger partial charge in [-0.1, -0.05) is 18.7 Å². The van der Waals surface area contributed by atoms with Gasteiger partial charge < -0.3 is 9.87 Å². The van der Waals surface area contributed by atoms with Crippen LogP contribution in [0.5, 0.6) is 0 Å². The van der Waals surface area contributed by atoms with Crippen LogP contribution in [0.1, 0.15) is 13.3 Å². The summed E-state index contributed by atoms with van der Waals surface area (Å²) in [4.78, 5) is 15.2. The molecule has 0 spiro atoms. The molecule has 15 heavy (non-hydrogen) atoms. The van der Waals surface area contributed by atoms with Gasteiger partial charge in [-0.3, -0.25) is 4.84 Å². The van der Waals surface area contributed by atoms with Gasteiger partial charge in [-0.25, -0.2) is 4.79 Å². The predicted octanol–water partition coefficient (Wildman–Crippen LogP) is 1.04. The second-order valence-electron chi connectivity index (χ2n) is 2.68. The number of amides is 1. The fourth-order valence-corrected chi connectivity index (χ4v) is 1.73. The van der Waals surface area contributed by atoms with Crippen LogP contribution in [0.25, 0.3) is 0 Å². The lowest BCUT2D eigenvalue weighted by Gasteiger charge is -2.08.